The third-order valence-electron chi connectivity index (χ3n) is 2.43. The number of halogens is 1. The van der Waals surface area contributed by atoms with E-state index in [1.54, 1.807) is 24.0 Å². The van der Waals surface area contributed by atoms with Crippen LogP contribution in [0.4, 0.5) is 5.69 Å². The van der Waals surface area contributed by atoms with Crippen LogP contribution in [0.25, 0.3) is 15.9 Å². The number of aromatic nitrogens is 3. The van der Waals surface area contributed by atoms with E-state index in [4.69, 9.17) is 0 Å². The third-order valence-corrected chi connectivity index (χ3v) is 3.79. The minimum atomic E-state index is -0.411. The van der Waals surface area contributed by atoms with Crippen LogP contribution in [0.2, 0.25) is 0 Å². The summed E-state index contributed by atoms with van der Waals surface area (Å²) in [6.07, 6.45) is 3.39. The van der Waals surface area contributed by atoms with E-state index < -0.39 is 4.92 Å². The minimum absolute atomic E-state index is 0.00625. The van der Waals surface area contributed by atoms with Gasteiger partial charge in [0.2, 0.25) is 0 Å². The van der Waals surface area contributed by atoms with Crippen molar-refractivity contribution in [2.24, 2.45) is 0 Å². The average molecular weight is 372 g/mol. The van der Waals surface area contributed by atoms with Crippen LogP contribution in [-0.4, -0.2) is 19.7 Å². The first-order chi connectivity index (χ1) is 8.66. The van der Waals surface area contributed by atoms with Crippen LogP contribution in [-0.2, 0) is 0 Å². The second kappa shape index (κ2) is 4.28. The average Bonchev–Trinajstić information content (AvgIpc) is 2.95. The van der Waals surface area contributed by atoms with E-state index >= 15 is 0 Å². The number of benzene rings is 1. The molecular weight excluding hydrogens is 367 g/mol. The van der Waals surface area contributed by atoms with Gasteiger partial charge in [-0.1, -0.05) is 0 Å². The lowest BCUT2D eigenvalue weighted by molar-refractivity contribution is -0.383. The van der Waals surface area contributed by atoms with Gasteiger partial charge in [-0.25, -0.2) is 9.67 Å². The second-order valence-electron chi connectivity index (χ2n) is 3.49. The lowest BCUT2D eigenvalue weighted by atomic mass is 10.2. The number of hydrogen-bond acceptors (Lipinski definition) is 5. The van der Waals surface area contributed by atoms with Crippen molar-refractivity contribution >= 4 is 49.8 Å². The van der Waals surface area contributed by atoms with Crippen LogP contribution in [0.15, 0.2) is 30.0 Å². The topological polar surface area (TPSA) is 73.8 Å². The van der Waals surface area contributed by atoms with Crippen LogP contribution in [0, 0.1) is 13.7 Å². The van der Waals surface area contributed by atoms with E-state index in [0.717, 1.165) is 8.27 Å². The van der Waals surface area contributed by atoms with Crippen molar-refractivity contribution in [2.75, 3.05) is 0 Å². The summed E-state index contributed by atoms with van der Waals surface area (Å²) in [6.45, 7) is 0. The number of nitrogens with zero attached hydrogens (tertiary/aromatic N) is 4. The Labute approximate surface area is 119 Å². The normalized spacial score (nSPS) is 10.9. The molecule has 0 atom stereocenters. The van der Waals surface area contributed by atoms with Gasteiger partial charge in [0, 0.05) is 6.20 Å². The zero-order chi connectivity index (χ0) is 12.7. The molecular formula is C10H5IN4O2S. The molecule has 6 nitrogen and oxygen atoms in total. The van der Waals surface area contributed by atoms with E-state index in [1.165, 1.54) is 16.0 Å². The van der Waals surface area contributed by atoms with Gasteiger partial charge in [-0.15, -0.1) is 11.3 Å². The molecule has 0 amide bonds. The highest BCUT2D eigenvalue weighted by atomic mass is 127. The number of thiazole rings is 1. The maximum Gasteiger partial charge on any atom is 0.321 e. The Morgan fingerprint density at radius 1 is 1.44 bits per heavy atom. The van der Waals surface area contributed by atoms with Crippen LogP contribution in [0.3, 0.4) is 0 Å². The van der Waals surface area contributed by atoms with Crippen molar-refractivity contribution in [3.63, 3.8) is 0 Å². The van der Waals surface area contributed by atoms with Gasteiger partial charge in [0.1, 0.15) is 5.69 Å². The molecule has 90 valence electrons. The van der Waals surface area contributed by atoms with E-state index in [-0.39, 0.29) is 5.69 Å². The molecule has 1 aromatic carbocycles. The van der Waals surface area contributed by atoms with Gasteiger partial charge < -0.3 is 0 Å². The number of hydrogen-bond donors (Lipinski definition) is 0. The van der Waals surface area contributed by atoms with Gasteiger partial charge in [0.25, 0.3) is 0 Å². The predicted molar refractivity (Wildman–Crippen MR) is 76.1 cm³/mol. The first-order valence-electron chi connectivity index (χ1n) is 4.88. The smallest absolute Gasteiger partial charge is 0.258 e. The highest BCUT2D eigenvalue weighted by Gasteiger charge is 2.22. The van der Waals surface area contributed by atoms with Crippen LogP contribution in [0.5, 0.6) is 0 Å². The fraction of sp³-hybridized carbons (Fsp3) is 0. The zero-order valence-electron chi connectivity index (χ0n) is 8.78. The molecule has 18 heavy (non-hydrogen) atoms. The van der Waals surface area contributed by atoms with E-state index in [9.17, 15) is 10.1 Å². The summed E-state index contributed by atoms with van der Waals surface area (Å²) >= 11 is 3.49. The molecule has 0 spiro atoms. The Morgan fingerprint density at radius 2 is 2.28 bits per heavy atom. The summed E-state index contributed by atoms with van der Waals surface area (Å²) in [5, 5.41) is 15.3. The van der Waals surface area contributed by atoms with Gasteiger partial charge in [0.15, 0.2) is 5.52 Å². The first-order valence-corrected chi connectivity index (χ1v) is 6.84. The molecule has 0 aliphatic rings. The van der Waals surface area contributed by atoms with Gasteiger partial charge in [-0.3, -0.25) is 10.1 Å². The molecule has 0 saturated heterocycles. The summed E-state index contributed by atoms with van der Waals surface area (Å²) < 4.78 is 3.21. The number of fused-ring (bicyclic) bond motifs is 1. The van der Waals surface area contributed by atoms with Gasteiger partial charge >= 0.3 is 5.69 Å². The fourth-order valence-corrected chi connectivity index (χ4v) is 2.77. The van der Waals surface area contributed by atoms with Crippen molar-refractivity contribution in [3.05, 3.63) is 43.7 Å². The quantitative estimate of drug-likeness (QED) is 0.394. The van der Waals surface area contributed by atoms with E-state index in [1.807, 2.05) is 6.07 Å². The first kappa shape index (κ1) is 11.5. The monoisotopic (exact) mass is 372 g/mol. The predicted octanol–water partition coefficient (Wildman–Crippen LogP) is 2.99. The van der Waals surface area contributed by atoms with Gasteiger partial charge in [-0.2, -0.15) is 5.10 Å². The van der Waals surface area contributed by atoms with Crippen molar-refractivity contribution in [2.45, 2.75) is 0 Å². The second-order valence-corrected chi connectivity index (χ2v) is 5.62. The largest absolute Gasteiger partial charge is 0.321 e. The molecule has 0 N–H and O–H groups in total. The van der Waals surface area contributed by atoms with Crippen molar-refractivity contribution < 1.29 is 4.92 Å². The van der Waals surface area contributed by atoms with Gasteiger partial charge in [0.05, 0.1) is 24.9 Å². The summed E-state index contributed by atoms with van der Waals surface area (Å²) in [7, 11) is 0. The fourth-order valence-electron chi connectivity index (χ4n) is 1.70. The lowest BCUT2D eigenvalue weighted by Crippen LogP contribution is -2.01. The van der Waals surface area contributed by atoms with Gasteiger partial charge in [-0.05, 0) is 34.7 Å². The molecule has 8 heteroatoms. The van der Waals surface area contributed by atoms with Crippen molar-refractivity contribution in [3.8, 4) is 5.69 Å². The Balaban J connectivity index is 2.34. The van der Waals surface area contributed by atoms with Crippen LogP contribution < -0.4 is 0 Å². The molecule has 0 aliphatic heterocycles. The SMILES string of the molecule is O=[N+]([O-])c1c(-n2cc(I)cn2)ccc2scnc12. The molecule has 2 aromatic heterocycles. The van der Waals surface area contributed by atoms with Crippen LogP contribution in [0.1, 0.15) is 0 Å². The summed E-state index contributed by atoms with van der Waals surface area (Å²) in [5.41, 5.74) is 2.44. The Kier molecular flexibility index (Phi) is 2.74. The minimum Gasteiger partial charge on any atom is -0.258 e. The van der Waals surface area contributed by atoms with E-state index in [0.29, 0.717) is 11.2 Å². The number of nitro benzene ring substituents is 1. The molecule has 2 heterocycles. The molecule has 0 aliphatic carbocycles. The maximum absolute atomic E-state index is 11.2. The third kappa shape index (κ3) is 1.77. The van der Waals surface area contributed by atoms with Crippen molar-refractivity contribution in [1.29, 1.82) is 0 Å². The van der Waals surface area contributed by atoms with E-state index in [2.05, 4.69) is 32.7 Å². The molecule has 0 saturated carbocycles. The summed E-state index contributed by atoms with van der Waals surface area (Å²) in [6, 6.07) is 3.52. The molecule has 3 aromatic rings. The molecule has 0 unspecified atom stereocenters. The van der Waals surface area contributed by atoms with Crippen LogP contribution >= 0.6 is 33.9 Å². The summed E-state index contributed by atoms with van der Waals surface area (Å²) in [5.74, 6) is 0. The molecule has 0 radical (unpaired) electrons. The molecule has 3 rings (SSSR count). The standard InChI is InChI=1S/C10H5IN4O2S/c11-6-3-13-14(4-6)7-1-2-8-9(12-5-18-8)10(7)15(16)17/h1-5H. The summed E-state index contributed by atoms with van der Waals surface area (Å²) in [4.78, 5) is 14.9. The number of rotatable bonds is 2. The Hall–Kier alpha value is -1.55. The zero-order valence-corrected chi connectivity index (χ0v) is 11.8. The Morgan fingerprint density at radius 3 is 2.94 bits per heavy atom. The highest BCUT2D eigenvalue weighted by Crippen LogP contribution is 2.32. The highest BCUT2D eigenvalue weighted by molar-refractivity contribution is 14.1. The number of nitro groups is 1. The van der Waals surface area contributed by atoms with Crippen molar-refractivity contribution in [1.82, 2.24) is 14.8 Å². The molecule has 0 fully saturated rings. The maximum atomic E-state index is 11.2. The Bertz CT molecular complexity index is 751. The lowest BCUT2D eigenvalue weighted by Gasteiger charge is -2.02. The molecule has 0 bridgehead atoms.